The summed E-state index contributed by atoms with van der Waals surface area (Å²) in [6.07, 6.45) is 2.10. The Labute approximate surface area is 145 Å². The van der Waals surface area contributed by atoms with Crippen LogP contribution in [0.1, 0.15) is 12.0 Å². The summed E-state index contributed by atoms with van der Waals surface area (Å²) in [6.45, 7) is 0.279. The Morgan fingerprint density at radius 3 is 2.25 bits per heavy atom. The summed E-state index contributed by atoms with van der Waals surface area (Å²) in [6, 6.07) is 2.92. The first-order valence-corrected chi connectivity index (χ1v) is 7.79. The highest BCUT2D eigenvalue weighted by atomic mass is 35.5. The predicted molar refractivity (Wildman–Crippen MR) is 89.7 cm³/mol. The van der Waals surface area contributed by atoms with Gasteiger partial charge >= 0.3 is 6.03 Å². The van der Waals surface area contributed by atoms with Gasteiger partial charge in [-0.3, -0.25) is 9.69 Å². The third-order valence-electron chi connectivity index (χ3n) is 3.48. The molecule has 3 amide bonds. The molecule has 0 aliphatic carbocycles. The van der Waals surface area contributed by atoms with E-state index in [2.05, 4.69) is 5.32 Å². The molecule has 1 aliphatic rings. The molecule has 1 aliphatic heterocycles. The average Bonchev–Trinajstić information content (AvgIpc) is 2.85. The molecule has 0 radical (unpaired) electrons. The van der Waals surface area contributed by atoms with Crippen LogP contribution in [0.2, 0.25) is 0 Å². The van der Waals surface area contributed by atoms with Crippen LogP contribution in [0, 0.1) is 0 Å². The van der Waals surface area contributed by atoms with Gasteiger partial charge in [-0.25, -0.2) is 4.79 Å². The van der Waals surface area contributed by atoms with Crippen LogP contribution >= 0.6 is 11.6 Å². The van der Waals surface area contributed by atoms with Gasteiger partial charge in [-0.1, -0.05) is 0 Å². The molecule has 0 saturated carbocycles. The van der Waals surface area contributed by atoms with Crippen molar-refractivity contribution >= 4 is 29.6 Å². The number of carbonyl (C=O) groups excluding carboxylic acids is 2. The molecule has 2 rings (SSSR count). The molecule has 8 heteroatoms. The van der Waals surface area contributed by atoms with Crippen LogP contribution in [0.4, 0.5) is 4.79 Å². The summed E-state index contributed by atoms with van der Waals surface area (Å²) in [7, 11) is 4.52. The van der Waals surface area contributed by atoms with Gasteiger partial charge in [-0.2, -0.15) is 0 Å². The first-order valence-electron chi connectivity index (χ1n) is 7.26. The number of alkyl halides is 1. The highest BCUT2D eigenvalue weighted by Crippen LogP contribution is 2.38. The fourth-order valence-electron chi connectivity index (χ4n) is 2.34. The third-order valence-corrected chi connectivity index (χ3v) is 3.74. The second-order valence-electron chi connectivity index (χ2n) is 4.95. The van der Waals surface area contributed by atoms with E-state index in [-0.39, 0.29) is 18.1 Å². The van der Waals surface area contributed by atoms with E-state index in [1.165, 1.54) is 21.3 Å². The first kappa shape index (κ1) is 17.9. The van der Waals surface area contributed by atoms with Gasteiger partial charge in [0.05, 0.1) is 21.3 Å². The van der Waals surface area contributed by atoms with Crippen LogP contribution in [-0.4, -0.2) is 50.6 Å². The molecule has 1 fully saturated rings. The Kier molecular flexibility index (Phi) is 5.92. The topological polar surface area (TPSA) is 77.1 Å². The van der Waals surface area contributed by atoms with E-state index in [1.807, 2.05) is 0 Å². The van der Waals surface area contributed by atoms with Crippen molar-refractivity contribution in [3.05, 3.63) is 23.4 Å². The second-order valence-corrected chi connectivity index (χ2v) is 5.32. The molecule has 1 aromatic carbocycles. The first-order chi connectivity index (χ1) is 11.5. The standard InChI is InChI=1S/C16H19ClN2O5/c1-22-12-8-10(9-13(23-2)14(12)24-3)7-11-15(20)19(6-4-5-17)16(21)18-11/h7-9H,4-6H2,1-3H3,(H,18,21). The number of benzene rings is 1. The molecular formula is C16H19ClN2O5. The van der Waals surface area contributed by atoms with Gasteiger partial charge in [-0.15, -0.1) is 11.6 Å². The van der Waals surface area contributed by atoms with Gasteiger partial charge in [0.25, 0.3) is 5.91 Å². The minimum Gasteiger partial charge on any atom is -0.493 e. The molecule has 1 N–H and O–H groups in total. The van der Waals surface area contributed by atoms with Crippen LogP contribution < -0.4 is 19.5 Å². The zero-order chi connectivity index (χ0) is 17.7. The second kappa shape index (κ2) is 7.92. The molecule has 0 unspecified atom stereocenters. The molecule has 0 bridgehead atoms. The molecule has 1 aromatic rings. The van der Waals surface area contributed by atoms with Crippen molar-refractivity contribution in [2.45, 2.75) is 6.42 Å². The highest BCUT2D eigenvalue weighted by Gasteiger charge is 2.33. The third kappa shape index (κ3) is 3.56. The molecule has 0 aromatic heterocycles. The lowest BCUT2D eigenvalue weighted by molar-refractivity contribution is -0.122. The highest BCUT2D eigenvalue weighted by molar-refractivity contribution is 6.18. The zero-order valence-corrected chi connectivity index (χ0v) is 14.5. The Morgan fingerprint density at radius 1 is 1.12 bits per heavy atom. The quantitative estimate of drug-likeness (QED) is 0.461. The smallest absolute Gasteiger partial charge is 0.329 e. The van der Waals surface area contributed by atoms with Gasteiger partial charge in [0, 0.05) is 12.4 Å². The van der Waals surface area contributed by atoms with E-state index in [1.54, 1.807) is 18.2 Å². The number of hydrogen-bond donors (Lipinski definition) is 1. The number of hydrogen-bond acceptors (Lipinski definition) is 5. The number of imide groups is 1. The fraction of sp³-hybridized carbons (Fsp3) is 0.375. The van der Waals surface area contributed by atoms with Crippen molar-refractivity contribution in [2.24, 2.45) is 0 Å². The molecule has 130 valence electrons. The maximum atomic E-state index is 12.3. The molecule has 1 heterocycles. The van der Waals surface area contributed by atoms with Crippen LogP contribution in [0.3, 0.4) is 0 Å². The maximum absolute atomic E-state index is 12.3. The lowest BCUT2D eigenvalue weighted by Crippen LogP contribution is -2.31. The predicted octanol–water partition coefficient (Wildman–Crippen LogP) is 2.23. The average molecular weight is 355 g/mol. The van der Waals surface area contributed by atoms with Crippen molar-refractivity contribution in [1.82, 2.24) is 10.2 Å². The summed E-state index contributed by atoms with van der Waals surface area (Å²) < 4.78 is 15.8. The molecule has 0 atom stereocenters. The Bertz CT molecular complexity index is 649. The van der Waals surface area contributed by atoms with E-state index < -0.39 is 6.03 Å². The number of methoxy groups -OCH3 is 3. The number of rotatable bonds is 7. The van der Waals surface area contributed by atoms with Gasteiger partial charge in [-0.05, 0) is 30.2 Å². The lowest BCUT2D eigenvalue weighted by atomic mass is 10.1. The Balaban J connectivity index is 2.34. The zero-order valence-electron chi connectivity index (χ0n) is 13.7. The van der Waals surface area contributed by atoms with Crippen molar-refractivity contribution in [3.8, 4) is 17.2 Å². The monoisotopic (exact) mass is 354 g/mol. The summed E-state index contributed by atoms with van der Waals surface area (Å²) in [5.74, 6) is 1.36. The van der Waals surface area contributed by atoms with Crippen LogP contribution in [0.25, 0.3) is 6.08 Å². The lowest BCUT2D eigenvalue weighted by Gasteiger charge is -2.13. The number of urea groups is 1. The molecule has 0 spiro atoms. The van der Waals surface area contributed by atoms with E-state index in [9.17, 15) is 9.59 Å². The van der Waals surface area contributed by atoms with Gasteiger partial charge in [0.15, 0.2) is 11.5 Å². The summed E-state index contributed by atoms with van der Waals surface area (Å²) in [5.41, 5.74) is 0.816. The summed E-state index contributed by atoms with van der Waals surface area (Å²) in [5, 5.41) is 2.56. The maximum Gasteiger partial charge on any atom is 0.329 e. The molecule has 24 heavy (non-hydrogen) atoms. The van der Waals surface area contributed by atoms with Gasteiger partial charge in [0.2, 0.25) is 5.75 Å². The Morgan fingerprint density at radius 2 is 1.75 bits per heavy atom. The van der Waals surface area contributed by atoms with Gasteiger partial charge < -0.3 is 19.5 Å². The van der Waals surface area contributed by atoms with E-state index in [4.69, 9.17) is 25.8 Å². The number of amides is 3. The summed E-state index contributed by atoms with van der Waals surface area (Å²) >= 11 is 5.61. The number of nitrogens with one attached hydrogen (secondary N) is 1. The minimum absolute atomic E-state index is 0.184. The number of nitrogens with zero attached hydrogens (tertiary/aromatic N) is 1. The molecule has 7 nitrogen and oxygen atoms in total. The normalized spacial score (nSPS) is 15.7. The number of halogens is 1. The van der Waals surface area contributed by atoms with Crippen molar-refractivity contribution in [2.75, 3.05) is 33.8 Å². The number of ether oxygens (including phenoxy) is 3. The summed E-state index contributed by atoms with van der Waals surface area (Å²) in [4.78, 5) is 25.3. The van der Waals surface area contributed by atoms with Crippen molar-refractivity contribution < 1.29 is 23.8 Å². The SMILES string of the molecule is COc1cc(C=C2NC(=O)N(CCCCl)C2=O)cc(OC)c1OC. The molecule has 1 saturated heterocycles. The van der Waals surface area contributed by atoms with Gasteiger partial charge in [0.1, 0.15) is 5.70 Å². The van der Waals surface area contributed by atoms with Crippen molar-refractivity contribution in [3.63, 3.8) is 0 Å². The minimum atomic E-state index is -0.455. The Hall–Kier alpha value is -2.41. The van der Waals surface area contributed by atoms with E-state index in [0.29, 0.717) is 35.1 Å². The van der Waals surface area contributed by atoms with Crippen LogP contribution in [0.5, 0.6) is 17.2 Å². The van der Waals surface area contributed by atoms with E-state index >= 15 is 0 Å². The largest absolute Gasteiger partial charge is 0.493 e. The van der Waals surface area contributed by atoms with Crippen molar-refractivity contribution in [1.29, 1.82) is 0 Å². The van der Waals surface area contributed by atoms with E-state index in [0.717, 1.165) is 4.90 Å². The molecular weight excluding hydrogens is 336 g/mol. The van der Waals surface area contributed by atoms with Crippen LogP contribution in [0.15, 0.2) is 17.8 Å². The fourth-order valence-corrected chi connectivity index (χ4v) is 2.46. The number of carbonyl (C=O) groups is 2. The van der Waals surface area contributed by atoms with Crippen LogP contribution in [-0.2, 0) is 4.79 Å².